The van der Waals surface area contributed by atoms with E-state index in [0.29, 0.717) is 29.9 Å². The maximum absolute atomic E-state index is 14.9. The molecule has 32 heavy (non-hydrogen) atoms. The van der Waals surface area contributed by atoms with Crippen molar-refractivity contribution < 1.29 is 27.4 Å². The van der Waals surface area contributed by atoms with Crippen LogP contribution in [-0.2, 0) is 14.2 Å². The largest absolute Gasteiger partial charge is 0.498 e. The lowest BCUT2D eigenvalue weighted by atomic mass is 9.91. The number of hydrogen-bond donors (Lipinski definition) is 0. The van der Waals surface area contributed by atoms with Crippen molar-refractivity contribution in [2.24, 2.45) is 0 Å². The van der Waals surface area contributed by atoms with E-state index in [1.165, 1.54) is 25.3 Å². The highest BCUT2D eigenvalue weighted by Crippen LogP contribution is 2.34. The average Bonchev–Trinajstić information content (AvgIpc) is 2.82. The fraction of sp³-hybridized carbons (Fsp3) is 0.308. The van der Waals surface area contributed by atoms with E-state index in [1.807, 2.05) is 25.1 Å². The Morgan fingerprint density at radius 3 is 2.19 bits per heavy atom. The molecule has 2 aromatic carbocycles. The fourth-order valence-corrected chi connectivity index (χ4v) is 3.95. The number of ether oxygens (including phenoxy) is 3. The predicted molar refractivity (Wildman–Crippen MR) is 118 cm³/mol. The summed E-state index contributed by atoms with van der Waals surface area (Å²) in [6.07, 6.45) is 2.62. The molecule has 2 aromatic rings. The quantitative estimate of drug-likeness (QED) is 0.522. The molecule has 0 spiro atoms. The highest BCUT2D eigenvalue weighted by Gasteiger charge is 2.32. The molecule has 1 aliphatic heterocycles. The third-order valence-electron chi connectivity index (χ3n) is 5.75. The smallest absolute Gasteiger partial charge is 0.192 e. The van der Waals surface area contributed by atoms with Crippen molar-refractivity contribution in [3.8, 4) is 11.1 Å². The summed E-state index contributed by atoms with van der Waals surface area (Å²) >= 11 is 0. The van der Waals surface area contributed by atoms with E-state index in [2.05, 4.69) is 0 Å². The molecular weight excluding hydrogens is 417 g/mol. The van der Waals surface area contributed by atoms with Crippen LogP contribution in [0.3, 0.4) is 0 Å². The molecule has 1 aliphatic carbocycles. The van der Waals surface area contributed by atoms with Crippen LogP contribution in [0.5, 0.6) is 0 Å². The van der Waals surface area contributed by atoms with E-state index in [1.54, 1.807) is 30.3 Å². The molecule has 168 valence electrons. The minimum atomic E-state index is -1.83. The van der Waals surface area contributed by atoms with Crippen LogP contribution in [-0.4, -0.2) is 39.0 Å². The molecule has 0 bridgehead atoms. The van der Waals surface area contributed by atoms with Gasteiger partial charge >= 0.3 is 0 Å². The second-order valence-corrected chi connectivity index (χ2v) is 7.77. The van der Waals surface area contributed by atoms with Gasteiger partial charge in [-0.3, -0.25) is 0 Å². The van der Waals surface area contributed by atoms with Crippen molar-refractivity contribution in [1.82, 2.24) is 0 Å². The van der Waals surface area contributed by atoms with Gasteiger partial charge in [-0.25, -0.2) is 13.2 Å². The highest BCUT2D eigenvalue weighted by molar-refractivity contribution is 5.75. The molecule has 0 radical (unpaired) electrons. The Labute approximate surface area is 185 Å². The fourth-order valence-electron chi connectivity index (χ4n) is 3.95. The van der Waals surface area contributed by atoms with E-state index in [-0.39, 0.29) is 29.4 Å². The van der Waals surface area contributed by atoms with Crippen molar-refractivity contribution in [3.63, 3.8) is 0 Å². The summed E-state index contributed by atoms with van der Waals surface area (Å²) in [5, 5.41) is 0. The molecule has 2 aliphatic rings. The van der Waals surface area contributed by atoms with Crippen molar-refractivity contribution in [3.05, 3.63) is 89.5 Å². The van der Waals surface area contributed by atoms with Gasteiger partial charge in [0.05, 0.1) is 20.3 Å². The van der Waals surface area contributed by atoms with Crippen LogP contribution in [0.25, 0.3) is 16.7 Å². The molecule has 2 atom stereocenters. The Balaban J connectivity index is 1.50. The predicted octanol–water partition coefficient (Wildman–Crippen LogP) is 6.13. The summed E-state index contributed by atoms with van der Waals surface area (Å²) in [6, 6.07) is 12.0. The van der Waals surface area contributed by atoms with Gasteiger partial charge in [0.25, 0.3) is 0 Å². The molecule has 1 saturated heterocycles. The molecule has 0 N–H and O–H groups in total. The third kappa shape index (κ3) is 4.52. The lowest BCUT2D eigenvalue weighted by Crippen LogP contribution is -2.29. The average molecular weight is 442 g/mol. The summed E-state index contributed by atoms with van der Waals surface area (Å²) in [5.74, 6) is -0.532. The van der Waals surface area contributed by atoms with E-state index in [4.69, 9.17) is 14.2 Å². The van der Waals surface area contributed by atoms with Crippen LogP contribution in [0.1, 0.15) is 24.0 Å². The monoisotopic (exact) mass is 442 g/mol. The van der Waals surface area contributed by atoms with Crippen molar-refractivity contribution >= 4 is 5.57 Å². The van der Waals surface area contributed by atoms with Gasteiger partial charge in [0.1, 0.15) is 11.6 Å². The van der Waals surface area contributed by atoms with Crippen LogP contribution in [0.15, 0.2) is 72.5 Å². The number of rotatable bonds is 5. The summed E-state index contributed by atoms with van der Waals surface area (Å²) in [7, 11) is 1.32. The number of halogens is 3. The van der Waals surface area contributed by atoms with E-state index >= 15 is 0 Å². The number of methoxy groups -OCH3 is 1. The van der Waals surface area contributed by atoms with Crippen LogP contribution < -0.4 is 0 Å². The van der Waals surface area contributed by atoms with E-state index in [9.17, 15) is 13.2 Å². The molecule has 1 heterocycles. The first-order valence-electron chi connectivity index (χ1n) is 10.5. The topological polar surface area (TPSA) is 27.7 Å². The second-order valence-electron chi connectivity index (χ2n) is 7.77. The molecule has 0 saturated carbocycles. The molecule has 6 heteroatoms. The van der Waals surface area contributed by atoms with Crippen LogP contribution in [0.4, 0.5) is 13.2 Å². The van der Waals surface area contributed by atoms with Gasteiger partial charge in [0.15, 0.2) is 18.6 Å². The first-order valence-corrected chi connectivity index (χ1v) is 10.5. The normalized spacial score (nSPS) is 26.0. The number of alkyl halides is 2. The maximum atomic E-state index is 14.9. The lowest BCUT2D eigenvalue weighted by Gasteiger charge is -2.28. The molecule has 0 aromatic heterocycles. The van der Waals surface area contributed by atoms with Crippen LogP contribution >= 0.6 is 0 Å². The SMILES string of the molecule is C/C=C/C1OCC(c2ccc(-c3ccc(C4=CC=C(OC)C(F)C4F)cc3)cc2F)CO1. The molecule has 1 fully saturated rings. The number of allylic oxidation sites excluding steroid dienone is 5. The zero-order chi connectivity index (χ0) is 22.7. The highest BCUT2D eigenvalue weighted by atomic mass is 19.2. The standard InChI is InChI=1S/C26H25F3O3/c1-3-4-24-31-14-19(15-32-24)20-10-9-18(13-22(20)27)16-5-7-17(8-6-16)21-11-12-23(30-2)26(29)25(21)28/h3-13,19,24-26H,14-15H2,1-2H3/b4-3+. The Hall–Kier alpha value is -2.83. The second kappa shape index (κ2) is 9.76. The van der Waals surface area contributed by atoms with E-state index < -0.39 is 12.3 Å². The minimum Gasteiger partial charge on any atom is -0.498 e. The summed E-state index contributed by atoms with van der Waals surface area (Å²) < 4.78 is 59.6. The van der Waals surface area contributed by atoms with Gasteiger partial charge in [-0.1, -0.05) is 48.6 Å². The Morgan fingerprint density at radius 2 is 1.56 bits per heavy atom. The van der Waals surface area contributed by atoms with Gasteiger partial charge in [-0.15, -0.1) is 0 Å². The molecule has 2 unspecified atom stereocenters. The Bertz CT molecular complexity index is 1030. The minimum absolute atomic E-state index is 0.0282. The maximum Gasteiger partial charge on any atom is 0.192 e. The van der Waals surface area contributed by atoms with Gasteiger partial charge in [0.2, 0.25) is 0 Å². The Morgan fingerprint density at radius 1 is 0.906 bits per heavy atom. The van der Waals surface area contributed by atoms with Crippen molar-refractivity contribution in [2.45, 2.75) is 31.5 Å². The summed E-state index contributed by atoms with van der Waals surface area (Å²) in [6.45, 7) is 2.65. The Kier molecular flexibility index (Phi) is 6.82. The van der Waals surface area contributed by atoms with Crippen molar-refractivity contribution in [2.75, 3.05) is 20.3 Å². The molecular formula is C26H25F3O3. The van der Waals surface area contributed by atoms with Gasteiger partial charge in [-0.2, -0.15) is 0 Å². The first-order chi connectivity index (χ1) is 15.5. The van der Waals surface area contributed by atoms with Gasteiger partial charge in [-0.05, 0) is 53.0 Å². The third-order valence-corrected chi connectivity index (χ3v) is 5.75. The zero-order valence-corrected chi connectivity index (χ0v) is 17.9. The van der Waals surface area contributed by atoms with E-state index in [0.717, 1.165) is 5.56 Å². The summed E-state index contributed by atoms with van der Waals surface area (Å²) in [5.41, 5.74) is 2.84. The lowest BCUT2D eigenvalue weighted by molar-refractivity contribution is -0.159. The number of hydrogen-bond acceptors (Lipinski definition) is 3. The van der Waals surface area contributed by atoms with Crippen LogP contribution in [0.2, 0.25) is 0 Å². The molecule has 0 amide bonds. The molecule has 4 rings (SSSR count). The first kappa shape index (κ1) is 22.4. The van der Waals surface area contributed by atoms with Gasteiger partial charge < -0.3 is 14.2 Å². The number of benzene rings is 2. The van der Waals surface area contributed by atoms with Gasteiger partial charge in [0, 0.05) is 5.92 Å². The summed E-state index contributed by atoms with van der Waals surface area (Å²) in [4.78, 5) is 0. The molecule has 3 nitrogen and oxygen atoms in total. The zero-order valence-electron chi connectivity index (χ0n) is 17.9. The van der Waals surface area contributed by atoms with Crippen LogP contribution in [0, 0.1) is 5.82 Å². The van der Waals surface area contributed by atoms with Crippen molar-refractivity contribution in [1.29, 1.82) is 0 Å².